The smallest absolute Gasteiger partial charge is 0.111 e. The van der Waals surface area contributed by atoms with Gasteiger partial charge in [0.1, 0.15) is 12.2 Å². The molecular formula is C21H23N3O. The third kappa shape index (κ3) is 2.32. The minimum atomic E-state index is 0.0573. The first-order valence-corrected chi connectivity index (χ1v) is 8.98. The minimum absolute atomic E-state index is 0.0573. The molecule has 0 amide bonds. The summed E-state index contributed by atoms with van der Waals surface area (Å²) in [4.78, 5) is 6.84. The number of benzene rings is 1. The molecule has 3 aromatic rings. The van der Waals surface area contributed by atoms with Crippen molar-refractivity contribution in [2.75, 3.05) is 13.6 Å². The Morgan fingerprint density at radius 2 is 1.96 bits per heavy atom. The average Bonchev–Trinajstić information content (AvgIpc) is 2.89. The molecule has 1 aromatic carbocycles. The molecule has 2 aliphatic rings. The number of hydrogen-bond acceptors (Lipinski definition) is 3. The normalized spacial score (nSPS) is 23.0. The van der Waals surface area contributed by atoms with Crippen LogP contribution in [-0.2, 0) is 17.8 Å². The number of rotatable bonds is 1. The Labute approximate surface area is 148 Å². The van der Waals surface area contributed by atoms with Gasteiger partial charge in [0, 0.05) is 41.4 Å². The van der Waals surface area contributed by atoms with E-state index in [9.17, 15) is 0 Å². The number of aryl methyl sites for hydroxylation is 2. The topological polar surface area (TPSA) is 30.3 Å². The highest BCUT2D eigenvalue weighted by molar-refractivity contribution is 5.87. The van der Waals surface area contributed by atoms with Crippen molar-refractivity contribution in [2.45, 2.75) is 39.1 Å². The van der Waals surface area contributed by atoms with E-state index in [1.54, 1.807) is 0 Å². The Morgan fingerprint density at radius 1 is 1.08 bits per heavy atom. The first kappa shape index (κ1) is 15.1. The number of likely N-dealkylation sites (N-methyl/N-ethyl adjacent to an activating group) is 1. The van der Waals surface area contributed by atoms with Gasteiger partial charge in [-0.25, -0.2) is 0 Å². The van der Waals surface area contributed by atoms with Gasteiger partial charge in [-0.15, -0.1) is 0 Å². The monoisotopic (exact) mass is 333 g/mol. The highest BCUT2D eigenvalue weighted by atomic mass is 16.5. The number of aromatic nitrogens is 2. The van der Waals surface area contributed by atoms with E-state index in [2.05, 4.69) is 58.8 Å². The van der Waals surface area contributed by atoms with Gasteiger partial charge in [0.2, 0.25) is 0 Å². The number of nitrogens with zero attached hydrogens (tertiary/aromatic N) is 3. The fourth-order valence-electron chi connectivity index (χ4n) is 4.36. The van der Waals surface area contributed by atoms with Crippen LogP contribution in [0.3, 0.4) is 0 Å². The quantitative estimate of drug-likeness (QED) is 0.676. The van der Waals surface area contributed by atoms with Gasteiger partial charge < -0.3 is 9.30 Å². The summed E-state index contributed by atoms with van der Waals surface area (Å²) in [5.74, 6) is 0. The van der Waals surface area contributed by atoms with Gasteiger partial charge in [0.05, 0.1) is 12.2 Å². The molecule has 0 spiro atoms. The average molecular weight is 333 g/mol. The summed E-state index contributed by atoms with van der Waals surface area (Å²) < 4.78 is 9.04. The van der Waals surface area contributed by atoms with Gasteiger partial charge in [-0.3, -0.25) is 9.88 Å². The van der Waals surface area contributed by atoms with Crippen molar-refractivity contribution in [3.63, 3.8) is 0 Å². The van der Waals surface area contributed by atoms with Crippen LogP contribution in [0.4, 0.5) is 0 Å². The second-order valence-electron chi connectivity index (χ2n) is 7.54. The first-order valence-electron chi connectivity index (χ1n) is 8.98. The van der Waals surface area contributed by atoms with Gasteiger partial charge in [0.15, 0.2) is 0 Å². The Hall–Kier alpha value is -2.17. The van der Waals surface area contributed by atoms with Gasteiger partial charge in [-0.05, 0) is 44.7 Å². The zero-order chi connectivity index (χ0) is 17.1. The lowest BCUT2D eigenvalue weighted by molar-refractivity contribution is -0.0672. The third-order valence-electron chi connectivity index (χ3n) is 5.56. The number of ether oxygens (including phenoxy) is 1. The van der Waals surface area contributed by atoms with Crippen molar-refractivity contribution < 1.29 is 4.74 Å². The summed E-state index contributed by atoms with van der Waals surface area (Å²) >= 11 is 0. The Balaban J connectivity index is 1.68. The summed E-state index contributed by atoms with van der Waals surface area (Å²) in [5, 5.41) is 1.39. The van der Waals surface area contributed by atoms with Crippen molar-refractivity contribution in [1.82, 2.24) is 14.5 Å². The van der Waals surface area contributed by atoms with Crippen molar-refractivity contribution in [3.05, 3.63) is 64.6 Å². The number of hydrogen-bond donors (Lipinski definition) is 0. The molecule has 4 heteroatoms. The molecule has 25 heavy (non-hydrogen) atoms. The van der Waals surface area contributed by atoms with E-state index in [0.29, 0.717) is 0 Å². The lowest BCUT2D eigenvalue weighted by atomic mass is 10.00. The van der Waals surface area contributed by atoms with Crippen LogP contribution < -0.4 is 0 Å². The molecule has 128 valence electrons. The van der Waals surface area contributed by atoms with Crippen molar-refractivity contribution in [1.29, 1.82) is 0 Å². The Kier molecular flexibility index (Phi) is 3.27. The molecule has 2 atom stereocenters. The molecule has 5 rings (SSSR count). The predicted octanol–water partition coefficient (Wildman–Crippen LogP) is 3.91. The summed E-state index contributed by atoms with van der Waals surface area (Å²) in [5.41, 5.74) is 7.69. The number of pyridine rings is 1. The van der Waals surface area contributed by atoms with Crippen molar-refractivity contribution in [2.24, 2.45) is 0 Å². The fraction of sp³-hybridized carbons (Fsp3) is 0.381. The molecule has 0 aliphatic carbocycles. The van der Waals surface area contributed by atoms with Crippen LogP contribution in [0.15, 0.2) is 36.5 Å². The summed E-state index contributed by atoms with van der Waals surface area (Å²) in [7, 11) is 2.18. The van der Waals surface area contributed by atoms with Crippen LogP contribution in [0.1, 0.15) is 40.3 Å². The molecule has 4 nitrogen and oxygen atoms in total. The van der Waals surface area contributed by atoms with E-state index in [0.717, 1.165) is 25.3 Å². The molecule has 0 N–H and O–H groups in total. The molecule has 0 fully saturated rings. The third-order valence-corrected chi connectivity index (χ3v) is 5.56. The summed E-state index contributed by atoms with van der Waals surface area (Å²) in [6, 6.07) is 11.0. The highest BCUT2D eigenvalue weighted by Crippen LogP contribution is 2.43. The van der Waals surface area contributed by atoms with Gasteiger partial charge >= 0.3 is 0 Å². The number of fused-ring (bicyclic) bond motifs is 3. The minimum Gasteiger partial charge on any atom is -0.361 e. The Morgan fingerprint density at radius 3 is 2.76 bits per heavy atom. The largest absolute Gasteiger partial charge is 0.361 e. The predicted molar refractivity (Wildman–Crippen MR) is 98.6 cm³/mol. The maximum absolute atomic E-state index is 6.55. The van der Waals surface area contributed by atoms with Crippen LogP contribution in [-0.4, -0.2) is 28.0 Å². The molecular weight excluding hydrogens is 310 g/mol. The van der Waals surface area contributed by atoms with Gasteiger partial charge in [0.25, 0.3) is 0 Å². The van der Waals surface area contributed by atoms with E-state index >= 15 is 0 Å². The lowest BCUT2D eigenvalue weighted by Crippen LogP contribution is -2.37. The van der Waals surface area contributed by atoms with Crippen LogP contribution in [0.25, 0.3) is 10.9 Å². The zero-order valence-corrected chi connectivity index (χ0v) is 15.0. The van der Waals surface area contributed by atoms with Crippen LogP contribution in [0.2, 0.25) is 0 Å². The standard InChI is InChI=1S/C21H23N3O/c1-13-4-7-18-16(8-13)17-10-23(3)11-20-21(17)24(18)12-19(25-20)15-6-5-14(2)22-9-15/h4-9,19-20H,10-12H2,1-3H3. The fourth-order valence-corrected chi connectivity index (χ4v) is 4.36. The molecule has 2 aromatic heterocycles. The SMILES string of the molecule is Cc1ccc2c(c1)c1c3n2CC(c2ccc(C)nc2)OC3CN(C)C1. The van der Waals surface area contributed by atoms with E-state index in [4.69, 9.17) is 4.74 Å². The lowest BCUT2D eigenvalue weighted by Gasteiger charge is -2.38. The van der Waals surface area contributed by atoms with E-state index in [1.807, 2.05) is 13.1 Å². The maximum Gasteiger partial charge on any atom is 0.111 e. The molecule has 4 heterocycles. The first-order chi connectivity index (χ1) is 12.1. The molecule has 0 saturated carbocycles. The second kappa shape index (κ2) is 5.41. The van der Waals surface area contributed by atoms with Crippen molar-refractivity contribution >= 4 is 10.9 Å². The molecule has 0 bridgehead atoms. The molecule has 0 radical (unpaired) electrons. The zero-order valence-electron chi connectivity index (χ0n) is 15.0. The summed E-state index contributed by atoms with van der Waals surface area (Å²) in [6.45, 7) is 6.99. The molecule has 0 saturated heterocycles. The van der Waals surface area contributed by atoms with Crippen molar-refractivity contribution in [3.8, 4) is 0 Å². The van der Waals surface area contributed by atoms with E-state index < -0.39 is 0 Å². The molecule has 2 unspecified atom stereocenters. The summed E-state index contributed by atoms with van der Waals surface area (Å²) in [6.07, 6.45) is 2.15. The van der Waals surface area contributed by atoms with Gasteiger partial charge in [-0.2, -0.15) is 0 Å². The van der Waals surface area contributed by atoms with Gasteiger partial charge in [-0.1, -0.05) is 17.7 Å². The van der Waals surface area contributed by atoms with Crippen LogP contribution in [0.5, 0.6) is 0 Å². The van der Waals surface area contributed by atoms with Crippen LogP contribution in [0, 0.1) is 13.8 Å². The highest BCUT2D eigenvalue weighted by Gasteiger charge is 2.37. The Bertz CT molecular complexity index is 957. The maximum atomic E-state index is 6.55. The second-order valence-corrected chi connectivity index (χ2v) is 7.54. The van der Waals surface area contributed by atoms with Crippen LogP contribution >= 0.6 is 0 Å². The van der Waals surface area contributed by atoms with E-state index in [-0.39, 0.29) is 12.2 Å². The van der Waals surface area contributed by atoms with E-state index in [1.165, 1.54) is 33.3 Å². The molecule has 2 aliphatic heterocycles.